The maximum atomic E-state index is 12.5. The number of unbranched alkanes of at least 4 members (excludes halogenated alkanes) is 4. The molecule has 0 spiro atoms. The van der Waals surface area contributed by atoms with Crippen molar-refractivity contribution in [2.45, 2.75) is 69.7 Å². The fourth-order valence-electron chi connectivity index (χ4n) is 5.45. The summed E-state index contributed by atoms with van der Waals surface area (Å²) >= 11 is 0. The van der Waals surface area contributed by atoms with Gasteiger partial charge in [-0.15, -0.1) is 0 Å². The Balaban J connectivity index is 1.09. The van der Waals surface area contributed by atoms with Crippen LogP contribution in [0, 0.1) is 0 Å². The topological polar surface area (TPSA) is 105 Å². The van der Waals surface area contributed by atoms with Crippen molar-refractivity contribution in [2.24, 2.45) is 0 Å². The van der Waals surface area contributed by atoms with Crippen molar-refractivity contribution in [2.75, 3.05) is 13.2 Å². The SMILES string of the molecule is O=C(CCCCCCCc1ccccc1)NCCC[C@H](NC(=O)OCC1c2ccccc2-c2ccccc21)C(=O)O. The minimum atomic E-state index is -1.13. The molecule has 4 rings (SSSR count). The molecule has 0 aromatic heterocycles. The van der Waals surface area contributed by atoms with Crippen LogP contribution in [0.4, 0.5) is 4.79 Å². The number of amides is 2. The van der Waals surface area contributed by atoms with Gasteiger partial charge >= 0.3 is 12.1 Å². The number of aliphatic carboxylic acids is 1. The Morgan fingerprint density at radius 1 is 0.756 bits per heavy atom. The monoisotopic (exact) mass is 556 g/mol. The zero-order chi connectivity index (χ0) is 28.9. The summed E-state index contributed by atoms with van der Waals surface area (Å²) in [6.07, 6.45) is 6.73. The molecule has 7 nitrogen and oxygen atoms in total. The van der Waals surface area contributed by atoms with E-state index in [1.165, 1.54) is 5.56 Å². The van der Waals surface area contributed by atoms with Gasteiger partial charge in [0.1, 0.15) is 12.6 Å². The molecule has 3 N–H and O–H groups in total. The fraction of sp³-hybridized carbons (Fsp3) is 0.382. The normalized spacial score (nSPS) is 12.7. The number of aryl methyl sites for hydroxylation is 1. The minimum absolute atomic E-state index is 0.0225. The van der Waals surface area contributed by atoms with Crippen LogP contribution in [-0.2, 0) is 20.7 Å². The van der Waals surface area contributed by atoms with E-state index < -0.39 is 18.1 Å². The predicted octanol–water partition coefficient (Wildman–Crippen LogP) is 6.46. The molecular weight excluding hydrogens is 516 g/mol. The van der Waals surface area contributed by atoms with E-state index in [1.807, 2.05) is 42.5 Å². The van der Waals surface area contributed by atoms with Gasteiger partial charge in [0.15, 0.2) is 0 Å². The van der Waals surface area contributed by atoms with E-state index in [0.29, 0.717) is 19.4 Å². The zero-order valence-corrected chi connectivity index (χ0v) is 23.5. The smallest absolute Gasteiger partial charge is 0.407 e. The molecule has 0 saturated carbocycles. The highest BCUT2D eigenvalue weighted by Gasteiger charge is 2.29. The Hall–Kier alpha value is -4.13. The van der Waals surface area contributed by atoms with Gasteiger partial charge in [-0.2, -0.15) is 0 Å². The van der Waals surface area contributed by atoms with Crippen molar-refractivity contribution in [1.29, 1.82) is 0 Å². The standard InChI is InChI=1S/C34H40N2O5/c37-32(22-8-3-1-2-5-14-25-15-6-4-7-16-25)35-23-13-21-31(33(38)39)36-34(40)41-24-30-28-19-11-9-17-26(28)27-18-10-12-20-29(27)30/h4,6-7,9-12,15-20,30-31H,1-3,5,8,13-14,21-24H2,(H,35,37)(H,36,40)(H,38,39)/t31-/m0/s1. The average molecular weight is 557 g/mol. The molecule has 0 unspecified atom stereocenters. The molecule has 0 fully saturated rings. The fourth-order valence-corrected chi connectivity index (χ4v) is 5.45. The molecule has 1 aliphatic rings. The lowest BCUT2D eigenvalue weighted by molar-refractivity contribution is -0.139. The van der Waals surface area contributed by atoms with E-state index in [1.54, 1.807) is 0 Å². The summed E-state index contributed by atoms with van der Waals surface area (Å²) in [5.41, 5.74) is 5.80. The number of hydrogen-bond donors (Lipinski definition) is 3. The van der Waals surface area contributed by atoms with Crippen LogP contribution in [0.5, 0.6) is 0 Å². The van der Waals surface area contributed by atoms with Crippen LogP contribution < -0.4 is 10.6 Å². The maximum Gasteiger partial charge on any atom is 0.407 e. The van der Waals surface area contributed by atoms with E-state index in [9.17, 15) is 19.5 Å². The van der Waals surface area contributed by atoms with Crippen LogP contribution in [0.25, 0.3) is 11.1 Å². The highest BCUT2D eigenvalue weighted by atomic mass is 16.5. The van der Waals surface area contributed by atoms with Crippen LogP contribution in [0.1, 0.15) is 74.0 Å². The first kappa shape index (κ1) is 29.8. The first-order chi connectivity index (χ1) is 20.0. The van der Waals surface area contributed by atoms with Gasteiger partial charge in [-0.05, 0) is 59.9 Å². The first-order valence-electron chi connectivity index (χ1n) is 14.7. The summed E-state index contributed by atoms with van der Waals surface area (Å²) in [5.74, 6) is -1.25. The molecule has 0 aliphatic heterocycles. The number of fused-ring (bicyclic) bond motifs is 3. The Morgan fingerprint density at radius 2 is 1.37 bits per heavy atom. The number of carboxylic acid groups (broad SMARTS) is 1. The second-order valence-electron chi connectivity index (χ2n) is 10.6. The van der Waals surface area contributed by atoms with E-state index >= 15 is 0 Å². The van der Waals surface area contributed by atoms with Crippen LogP contribution in [0.3, 0.4) is 0 Å². The van der Waals surface area contributed by atoms with Gasteiger partial charge in [-0.1, -0.05) is 98.1 Å². The van der Waals surface area contributed by atoms with Crippen molar-refractivity contribution in [3.05, 3.63) is 95.6 Å². The van der Waals surface area contributed by atoms with Gasteiger partial charge < -0.3 is 20.5 Å². The number of ether oxygens (including phenoxy) is 1. The molecule has 3 aromatic rings. The van der Waals surface area contributed by atoms with Gasteiger partial charge in [-0.25, -0.2) is 9.59 Å². The number of carboxylic acids is 1. The number of alkyl carbamates (subject to hydrolysis) is 1. The number of benzene rings is 3. The summed E-state index contributed by atoms with van der Waals surface area (Å²) in [6, 6.07) is 25.5. The Morgan fingerprint density at radius 3 is 2.05 bits per heavy atom. The molecular formula is C34H40N2O5. The first-order valence-corrected chi connectivity index (χ1v) is 14.7. The molecule has 3 aromatic carbocycles. The van der Waals surface area contributed by atoms with Crippen LogP contribution in [0.15, 0.2) is 78.9 Å². The second kappa shape index (κ2) is 15.6. The molecule has 0 radical (unpaired) electrons. The van der Waals surface area contributed by atoms with E-state index in [4.69, 9.17) is 4.74 Å². The quantitative estimate of drug-likeness (QED) is 0.176. The van der Waals surface area contributed by atoms with E-state index in [0.717, 1.165) is 60.8 Å². The summed E-state index contributed by atoms with van der Waals surface area (Å²) in [7, 11) is 0. The molecule has 0 saturated heterocycles. The van der Waals surface area contributed by atoms with Gasteiger partial charge in [0.25, 0.3) is 0 Å². The van der Waals surface area contributed by atoms with Crippen LogP contribution in [-0.4, -0.2) is 42.3 Å². The second-order valence-corrected chi connectivity index (χ2v) is 10.6. The van der Waals surface area contributed by atoms with Gasteiger partial charge in [0.05, 0.1) is 0 Å². The number of hydrogen-bond acceptors (Lipinski definition) is 4. The Kier molecular flexibility index (Phi) is 11.4. The third-order valence-corrected chi connectivity index (χ3v) is 7.64. The van der Waals surface area contributed by atoms with Crippen LogP contribution >= 0.6 is 0 Å². The van der Waals surface area contributed by atoms with Crippen molar-refractivity contribution in [3.8, 4) is 11.1 Å². The number of carbonyl (C=O) groups excluding carboxylic acids is 2. The minimum Gasteiger partial charge on any atom is -0.480 e. The highest BCUT2D eigenvalue weighted by molar-refractivity contribution is 5.81. The van der Waals surface area contributed by atoms with Crippen molar-refractivity contribution in [3.63, 3.8) is 0 Å². The molecule has 0 bridgehead atoms. The number of rotatable bonds is 16. The van der Waals surface area contributed by atoms with Gasteiger partial charge in [0.2, 0.25) is 5.91 Å². The lowest BCUT2D eigenvalue weighted by Crippen LogP contribution is -2.42. The maximum absolute atomic E-state index is 12.5. The third-order valence-electron chi connectivity index (χ3n) is 7.64. The largest absolute Gasteiger partial charge is 0.480 e. The van der Waals surface area contributed by atoms with E-state index in [-0.39, 0.29) is 24.9 Å². The van der Waals surface area contributed by atoms with Crippen molar-refractivity contribution in [1.82, 2.24) is 10.6 Å². The summed E-state index contributed by atoms with van der Waals surface area (Å²) in [4.78, 5) is 36.4. The van der Waals surface area contributed by atoms with Gasteiger partial charge in [0, 0.05) is 18.9 Å². The lowest BCUT2D eigenvalue weighted by atomic mass is 9.98. The van der Waals surface area contributed by atoms with Gasteiger partial charge in [-0.3, -0.25) is 4.79 Å². The highest BCUT2D eigenvalue weighted by Crippen LogP contribution is 2.44. The average Bonchev–Trinajstić information content (AvgIpc) is 3.31. The van der Waals surface area contributed by atoms with Crippen LogP contribution in [0.2, 0.25) is 0 Å². The predicted molar refractivity (Wildman–Crippen MR) is 160 cm³/mol. The van der Waals surface area contributed by atoms with Crippen molar-refractivity contribution >= 4 is 18.0 Å². The summed E-state index contributed by atoms with van der Waals surface area (Å²) < 4.78 is 5.48. The van der Waals surface area contributed by atoms with E-state index in [2.05, 4.69) is 47.0 Å². The Labute approximate surface area is 242 Å². The summed E-state index contributed by atoms with van der Waals surface area (Å²) in [6.45, 7) is 0.487. The molecule has 2 amide bonds. The lowest BCUT2D eigenvalue weighted by Gasteiger charge is -2.17. The number of nitrogens with one attached hydrogen (secondary N) is 2. The molecule has 0 heterocycles. The van der Waals surface area contributed by atoms with Crippen molar-refractivity contribution < 1.29 is 24.2 Å². The Bertz CT molecular complexity index is 1250. The third kappa shape index (κ3) is 8.93. The molecule has 1 atom stereocenters. The molecule has 41 heavy (non-hydrogen) atoms. The molecule has 216 valence electrons. The number of carbonyl (C=O) groups is 3. The summed E-state index contributed by atoms with van der Waals surface area (Å²) in [5, 5.41) is 14.9. The molecule has 1 aliphatic carbocycles. The molecule has 7 heteroatoms. The zero-order valence-electron chi connectivity index (χ0n) is 23.5.